The topological polar surface area (TPSA) is 65.0 Å². The minimum absolute atomic E-state index is 0.407. The first-order valence-electron chi connectivity index (χ1n) is 6.79. The van der Waals surface area contributed by atoms with E-state index in [1.807, 2.05) is 30.3 Å². The van der Waals surface area contributed by atoms with Crippen LogP contribution in [-0.2, 0) is 25.6 Å². The van der Waals surface area contributed by atoms with E-state index in [9.17, 15) is 9.59 Å². The molecular weight excluding hydrogens is 270 g/mol. The molecule has 0 heterocycles. The van der Waals surface area contributed by atoms with Crippen LogP contribution >= 0.6 is 0 Å². The van der Waals surface area contributed by atoms with Crippen LogP contribution in [0, 0.1) is 0 Å². The van der Waals surface area contributed by atoms with Crippen molar-refractivity contribution in [3.63, 3.8) is 0 Å². The first-order valence-corrected chi connectivity index (χ1v) is 6.79. The van der Waals surface area contributed by atoms with E-state index < -0.39 is 17.5 Å². The van der Waals surface area contributed by atoms with Crippen molar-refractivity contribution in [3.8, 4) is 0 Å². The van der Waals surface area contributed by atoms with Crippen molar-refractivity contribution in [2.45, 2.75) is 46.1 Å². The summed E-state index contributed by atoms with van der Waals surface area (Å²) < 4.78 is 5.26. The van der Waals surface area contributed by atoms with Gasteiger partial charge in [0.1, 0.15) is 11.3 Å². The summed E-state index contributed by atoms with van der Waals surface area (Å²) in [5.41, 5.74) is 0.721. The molecule has 0 aromatic heterocycles. The molecule has 1 aromatic carbocycles. The summed E-state index contributed by atoms with van der Waals surface area (Å²) in [5.74, 6) is -0.916. The molecule has 0 saturated carbocycles. The Hall–Kier alpha value is -2.17. The number of rotatable bonds is 6. The number of oxime groups is 1. The van der Waals surface area contributed by atoms with Gasteiger partial charge in [0.2, 0.25) is 0 Å². The maximum Gasteiger partial charge on any atom is 0.331 e. The predicted molar refractivity (Wildman–Crippen MR) is 79.8 cm³/mol. The van der Waals surface area contributed by atoms with Crippen LogP contribution in [0.15, 0.2) is 35.5 Å². The maximum atomic E-state index is 11.2. The van der Waals surface area contributed by atoms with Crippen molar-refractivity contribution in [2.75, 3.05) is 0 Å². The van der Waals surface area contributed by atoms with Gasteiger partial charge in [-0.2, -0.15) is 0 Å². The van der Waals surface area contributed by atoms with E-state index in [4.69, 9.17) is 9.57 Å². The van der Waals surface area contributed by atoms with E-state index in [1.54, 1.807) is 13.8 Å². The summed E-state index contributed by atoms with van der Waals surface area (Å²) in [4.78, 5) is 26.8. The van der Waals surface area contributed by atoms with Gasteiger partial charge < -0.3 is 9.57 Å². The highest BCUT2D eigenvalue weighted by atomic mass is 16.7. The van der Waals surface area contributed by atoms with Gasteiger partial charge in [-0.1, -0.05) is 35.5 Å². The standard InChI is InChI=1S/C16H21NO4/c1-12(18)20-16(3,4)15(17-21-13(2)19)11-10-14-8-6-5-7-9-14/h5-9H,10-11H2,1-4H3. The molecule has 0 saturated heterocycles. The van der Waals surface area contributed by atoms with Crippen LogP contribution in [0.4, 0.5) is 0 Å². The van der Waals surface area contributed by atoms with Gasteiger partial charge in [-0.3, -0.25) is 4.79 Å². The molecule has 5 heteroatoms. The van der Waals surface area contributed by atoms with Crippen LogP contribution in [0.3, 0.4) is 0 Å². The van der Waals surface area contributed by atoms with Gasteiger partial charge in [0.05, 0.1) is 0 Å². The van der Waals surface area contributed by atoms with E-state index in [1.165, 1.54) is 13.8 Å². The number of esters is 1. The molecular formula is C16H21NO4. The fourth-order valence-electron chi connectivity index (χ4n) is 1.90. The van der Waals surface area contributed by atoms with Crippen molar-refractivity contribution < 1.29 is 19.2 Å². The molecule has 1 aromatic rings. The molecule has 0 spiro atoms. The average Bonchev–Trinajstić information content (AvgIpc) is 2.37. The predicted octanol–water partition coefficient (Wildman–Crippen LogP) is 2.88. The normalized spacial score (nSPS) is 11.9. The van der Waals surface area contributed by atoms with Crippen molar-refractivity contribution in [1.29, 1.82) is 0 Å². The zero-order valence-electron chi connectivity index (χ0n) is 12.9. The SMILES string of the molecule is CC(=O)ON=C(CCc1ccccc1)C(C)(C)OC(C)=O. The Morgan fingerprint density at radius 2 is 1.71 bits per heavy atom. The minimum atomic E-state index is -0.921. The number of carbonyl (C=O) groups is 2. The van der Waals surface area contributed by atoms with Gasteiger partial charge >= 0.3 is 11.9 Å². The van der Waals surface area contributed by atoms with Crippen molar-refractivity contribution in [1.82, 2.24) is 0 Å². The van der Waals surface area contributed by atoms with E-state index in [2.05, 4.69) is 5.16 Å². The lowest BCUT2D eigenvalue weighted by Crippen LogP contribution is -2.37. The highest BCUT2D eigenvalue weighted by Gasteiger charge is 2.29. The van der Waals surface area contributed by atoms with Crippen LogP contribution in [-0.4, -0.2) is 23.3 Å². The van der Waals surface area contributed by atoms with Crippen molar-refractivity contribution >= 4 is 17.7 Å². The molecule has 0 fully saturated rings. The fraction of sp³-hybridized carbons (Fsp3) is 0.438. The first kappa shape index (κ1) is 16.9. The molecule has 0 amide bonds. The summed E-state index contributed by atoms with van der Waals surface area (Å²) in [6.45, 7) is 6.06. The summed E-state index contributed by atoms with van der Waals surface area (Å²) in [6, 6.07) is 9.86. The van der Waals surface area contributed by atoms with E-state index in [0.29, 0.717) is 18.6 Å². The molecule has 21 heavy (non-hydrogen) atoms. The Morgan fingerprint density at radius 3 is 2.24 bits per heavy atom. The summed E-state index contributed by atoms with van der Waals surface area (Å²) >= 11 is 0. The Morgan fingerprint density at radius 1 is 1.10 bits per heavy atom. The second-order valence-electron chi connectivity index (χ2n) is 5.21. The first-order chi connectivity index (χ1) is 9.81. The number of ether oxygens (including phenoxy) is 1. The second kappa shape index (κ2) is 7.57. The molecule has 0 aliphatic rings. The summed E-state index contributed by atoms with van der Waals surface area (Å²) in [5, 5.41) is 3.85. The third-order valence-electron chi connectivity index (χ3n) is 2.87. The molecule has 1 rings (SSSR count). The quantitative estimate of drug-likeness (QED) is 0.350. The maximum absolute atomic E-state index is 11.2. The van der Waals surface area contributed by atoms with Crippen molar-refractivity contribution in [2.24, 2.45) is 5.16 Å². The monoisotopic (exact) mass is 291 g/mol. The van der Waals surface area contributed by atoms with Gasteiger partial charge in [-0.25, -0.2) is 4.79 Å². The Labute approximate surface area is 124 Å². The molecule has 0 atom stereocenters. The fourth-order valence-corrected chi connectivity index (χ4v) is 1.90. The van der Waals surface area contributed by atoms with Gasteiger partial charge in [-0.05, 0) is 32.3 Å². The zero-order valence-corrected chi connectivity index (χ0v) is 12.9. The van der Waals surface area contributed by atoms with Crippen molar-refractivity contribution in [3.05, 3.63) is 35.9 Å². The van der Waals surface area contributed by atoms with Gasteiger partial charge in [-0.15, -0.1) is 0 Å². The van der Waals surface area contributed by atoms with Gasteiger partial charge in [0, 0.05) is 13.8 Å². The lowest BCUT2D eigenvalue weighted by Gasteiger charge is -2.25. The summed E-state index contributed by atoms with van der Waals surface area (Å²) in [7, 11) is 0. The van der Waals surface area contributed by atoms with Crippen LogP contribution in [0.25, 0.3) is 0 Å². The number of carbonyl (C=O) groups excluding carboxylic acids is 2. The third-order valence-corrected chi connectivity index (χ3v) is 2.87. The molecule has 0 bridgehead atoms. The largest absolute Gasteiger partial charge is 0.454 e. The third kappa shape index (κ3) is 6.21. The number of benzene rings is 1. The number of hydrogen-bond donors (Lipinski definition) is 0. The molecule has 0 N–H and O–H groups in total. The van der Waals surface area contributed by atoms with Crippen LogP contribution in [0.1, 0.15) is 39.7 Å². The molecule has 0 aliphatic heterocycles. The highest BCUT2D eigenvalue weighted by Crippen LogP contribution is 2.17. The Kier molecular flexibility index (Phi) is 6.09. The lowest BCUT2D eigenvalue weighted by molar-refractivity contribution is -0.148. The minimum Gasteiger partial charge on any atom is -0.454 e. The van der Waals surface area contributed by atoms with E-state index in [0.717, 1.165) is 5.56 Å². The average molecular weight is 291 g/mol. The van der Waals surface area contributed by atoms with E-state index in [-0.39, 0.29) is 0 Å². The Balaban J connectivity index is 2.84. The number of aryl methyl sites for hydroxylation is 1. The number of hydrogen-bond acceptors (Lipinski definition) is 5. The molecule has 5 nitrogen and oxygen atoms in total. The summed E-state index contributed by atoms with van der Waals surface area (Å²) in [6.07, 6.45) is 1.24. The van der Waals surface area contributed by atoms with E-state index >= 15 is 0 Å². The molecule has 0 radical (unpaired) electrons. The molecule has 0 aliphatic carbocycles. The number of nitrogens with zero attached hydrogens (tertiary/aromatic N) is 1. The van der Waals surface area contributed by atoms with Crippen LogP contribution in [0.2, 0.25) is 0 Å². The van der Waals surface area contributed by atoms with Gasteiger partial charge in [0.15, 0.2) is 0 Å². The highest BCUT2D eigenvalue weighted by molar-refractivity contribution is 5.93. The van der Waals surface area contributed by atoms with Crippen LogP contribution in [0.5, 0.6) is 0 Å². The molecule has 114 valence electrons. The second-order valence-corrected chi connectivity index (χ2v) is 5.21. The lowest BCUT2D eigenvalue weighted by atomic mass is 9.96. The Bertz CT molecular complexity index is 520. The molecule has 0 unspecified atom stereocenters. The zero-order chi connectivity index (χ0) is 15.9. The van der Waals surface area contributed by atoms with Gasteiger partial charge in [0.25, 0.3) is 0 Å². The smallest absolute Gasteiger partial charge is 0.331 e. The van der Waals surface area contributed by atoms with Crippen LogP contribution < -0.4 is 0 Å².